The van der Waals surface area contributed by atoms with Crippen LogP contribution in [0.2, 0.25) is 0 Å². The predicted octanol–water partition coefficient (Wildman–Crippen LogP) is 7.11. The molecule has 354 valence electrons. The summed E-state index contributed by atoms with van der Waals surface area (Å²) in [7, 11) is -1.00. The molecule has 8 N–H and O–H groups in total. The van der Waals surface area contributed by atoms with Crippen molar-refractivity contribution in [2.45, 2.75) is 38.8 Å². The van der Waals surface area contributed by atoms with E-state index >= 15 is 0 Å². The van der Waals surface area contributed by atoms with Crippen LogP contribution >= 0.6 is 0 Å². The molecule has 0 spiro atoms. The van der Waals surface area contributed by atoms with E-state index in [0.29, 0.717) is 46.0 Å². The van der Waals surface area contributed by atoms with Gasteiger partial charge in [0.2, 0.25) is 0 Å². The van der Waals surface area contributed by atoms with Gasteiger partial charge in [-0.15, -0.1) is 0 Å². The number of pyridine rings is 2. The Morgan fingerprint density at radius 2 is 1.09 bits per heavy atom. The smallest absolute Gasteiger partial charge is 0.335 e. The third kappa shape index (κ3) is 14.4. The molecule has 8 rings (SSSR count). The van der Waals surface area contributed by atoms with Gasteiger partial charge in [-0.05, 0) is 97.5 Å². The Labute approximate surface area is 392 Å². The number of hydrogen-bond acceptors (Lipinski definition) is 9. The molecule has 0 fully saturated rings. The summed E-state index contributed by atoms with van der Waals surface area (Å²) >= 11 is 0. The summed E-state index contributed by atoms with van der Waals surface area (Å²) in [5.74, 6) is -2.01. The van der Waals surface area contributed by atoms with Gasteiger partial charge in [0.25, 0.3) is 17.7 Å². The number of benzene rings is 4. The molecule has 17 heteroatoms. The Balaban J connectivity index is 0.000000241. The first-order valence-corrected chi connectivity index (χ1v) is 21.0. The Morgan fingerprint density at radius 1 is 0.647 bits per heavy atom. The average Bonchev–Trinajstić information content (AvgIpc) is 3.99. The number of aromatic carboxylic acids is 1. The number of rotatable bonds is 13. The van der Waals surface area contributed by atoms with Crippen LogP contribution in [-0.4, -0.2) is 90.2 Å². The maximum absolute atomic E-state index is 12.8. The van der Waals surface area contributed by atoms with Crippen LogP contribution in [0.4, 0.5) is 20.5 Å². The van der Waals surface area contributed by atoms with Crippen molar-refractivity contribution in [3.8, 4) is 0 Å². The van der Waals surface area contributed by atoms with E-state index in [-0.39, 0.29) is 47.2 Å². The molecule has 0 aliphatic heterocycles. The molecule has 0 radical (unpaired) electrons. The number of halogens is 2. The van der Waals surface area contributed by atoms with Crippen molar-refractivity contribution in [2.24, 2.45) is 5.73 Å². The highest BCUT2D eigenvalue weighted by molar-refractivity contribution is 6.05. The average molecular weight is 930 g/mol. The maximum Gasteiger partial charge on any atom is 0.335 e. The summed E-state index contributed by atoms with van der Waals surface area (Å²) in [6.07, 6.45) is 7.80. The lowest BCUT2D eigenvalue weighted by molar-refractivity contribution is 0.0696. The highest BCUT2D eigenvalue weighted by Crippen LogP contribution is 2.20. The van der Waals surface area contributed by atoms with Crippen LogP contribution in [0.1, 0.15) is 65.3 Å². The van der Waals surface area contributed by atoms with Gasteiger partial charge in [0.05, 0.1) is 45.7 Å². The molecule has 0 aliphatic rings. The van der Waals surface area contributed by atoms with E-state index in [1.807, 2.05) is 97.9 Å². The van der Waals surface area contributed by atoms with Crippen molar-refractivity contribution >= 4 is 46.4 Å². The van der Waals surface area contributed by atoms with Crippen LogP contribution in [0.5, 0.6) is 0 Å². The molecule has 2 atom stereocenters. The molecule has 0 aliphatic carbocycles. The number of carbonyl (C=O) groups excluding carboxylic acids is 3. The standard InChI is InChI=1S/C25H24N4O3.C16H13N3O3.C9H13NO.CH3F.FH/c1-17-10-11-19(24(31)27-20(16-30)13-18-7-3-2-4-8-18)14-21(17)28-25(32)22-15-26-23-9-5-6-12-29(22)23;1-10-5-6-11(16(21)22)8-12(10)18-15(20)13-9-17-14-4-2-3-7-19(13)14;10-9(7-11)6-8-4-2-1-3-5-8;1-2;/h2-12,14-15,20,30H,13,16H2,1H3,(H,27,31)(H,28,32);2-9H,1H3,(H,18,20)(H,21,22);1-5,9,11H,6-7,10H2;1H3;1H/i;;;1D;. The number of amides is 3. The number of nitrogens with one attached hydrogen (secondary N) is 3. The summed E-state index contributed by atoms with van der Waals surface area (Å²) in [5, 5.41) is 35.9. The highest BCUT2D eigenvalue weighted by Gasteiger charge is 2.18. The molecule has 4 aromatic carbocycles. The van der Waals surface area contributed by atoms with Gasteiger partial charge in [-0.3, -0.25) is 32.3 Å². The van der Waals surface area contributed by atoms with Gasteiger partial charge in [-0.1, -0.05) is 84.9 Å². The second-order valence-electron chi connectivity index (χ2n) is 15.1. The molecule has 15 nitrogen and oxygen atoms in total. The fourth-order valence-corrected chi connectivity index (χ4v) is 6.67. The lowest BCUT2D eigenvalue weighted by Gasteiger charge is -2.17. The van der Waals surface area contributed by atoms with E-state index in [0.717, 1.165) is 23.1 Å². The number of alkyl halides is 1. The lowest BCUT2D eigenvalue weighted by atomic mass is 10.1. The van der Waals surface area contributed by atoms with Gasteiger partial charge < -0.3 is 37.0 Å². The molecule has 3 amide bonds. The minimum absolute atomic E-state index is 0. The fourth-order valence-electron chi connectivity index (χ4n) is 6.67. The maximum atomic E-state index is 12.8. The number of aromatic nitrogens is 4. The Hall–Kier alpha value is -8.12. The van der Waals surface area contributed by atoms with Gasteiger partial charge in [0.1, 0.15) is 22.7 Å². The normalized spacial score (nSPS) is 11.4. The van der Waals surface area contributed by atoms with Crippen molar-refractivity contribution in [1.82, 2.24) is 24.1 Å². The van der Waals surface area contributed by atoms with Gasteiger partial charge >= 0.3 is 5.97 Å². The van der Waals surface area contributed by atoms with Crippen LogP contribution < -0.4 is 21.7 Å². The number of imidazole rings is 2. The zero-order valence-corrected chi connectivity index (χ0v) is 37.3. The van der Waals surface area contributed by atoms with E-state index in [1.165, 1.54) is 30.1 Å². The monoisotopic (exact) mass is 929 g/mol. The number of aryl methyl sites for hydroxylation is 2. The van der Waals surface area contributed by atoms with Crippen LogP contribution in [0.3, 0.4) is 0 Å². The number of carboxylic acids is 1. The number of nitrogens with two attached hydrogens (primary N) is 1. The molecule has 8 aromatic rings. The van der Waals surface area contributed by atoms with Crippen LogP contribution in [0.15, 0.2) is 158 Å². The summed E-state index contributed by atoms with van der Waals surface area (Å²) < 4.78 is 18.9. The van der Waals surface area contributed by atoms with E-state index in [2.05, 4.69) is 25.9 Å². The van der Waals surface area contributed by atoms with E-state index in [4.69, 9.17) is 17.3 Å². The first-order chi connectivity index (χ1) is 32.8. The minimum atomic E-state index is -1.04. The third-order valence-electron chi connectivity index (χ3n) is 10.2. The number of hydrogen-bond donors (Lipinski definition) is 7. The molecule has 4 heterocycles. The Morgan fingerprint density at radius 3 is 1.54 bits per heavy atom. The zero-order chi connectivity index (χ0) is 49.0. The Bertz CT molecular complexity index is 2920. The van der Waals surface area contributed by atoms with Gasteiger partial charge in [-0.25, -0.2) is 14.8 Å². The summed E-state index contributed by atoms with van der Waals surface area (Å²) in [4.78, 5) is 57.5. The molecule has 4 aromatic heterocycles. The van der Waals surface area contributed by atoms with Crippen molar-refractivity contribution in [3.05, 3.63) is 203 Å². The third-order valence-corrected chi connectivity index (χ3v) is 10.2. The molecular weight excluding hydrogens is 875 g/mol. The zero-order valence-electron chi connectivity index (χ0n) is 38.3. The van der Waals surface area contributed by atoms with E-state index in [1.54, 1.807) is 58.5 Å². The van der Waals surface area contributed by atoms with Crippen molar-refractivity contribution in [1.29, 1.82) is 0 Å². The number of aliphatic hydroxyl groups excluding tert-OH is 2. The first kappa shape index (κ1) is 50.9. The lowest BCUT2D eigenvalue weighted by Crippen LogP contribution is -2.39. The summed E-state index contributed by atoms with van der Waals surface area (Å²) in [5.41, 5.74) is 13.0. The van der Waals surface area contributed by atoms with Gasteiger partial charge in [-0.2, -0.15) is 0 Å². The van der Waals surface area contributed by atoms with E-state index in [9.17, 15) is 28.7 Å². The summed E-state index contributed by atoms with van der Waals surface area (Å²) in [6, 6.07) is 39.7. The highest BCUT2D eigenvalue weighted by atomic mass is 19.1. The number of carboxylic acid groups (broad SMARTS) is 1. The minimum Gasteiger partial charge on any atom is -0.478 e. The SMILES string of the molecule is Cc1ccc(C(=O)NC(CO)Cc2ccccc2)cc1NC(=O)c1cnc2ccccn12.Cc1ccc(C(=O)O)cc1NC(=O)c1cnc2ccccn12.F.NC(CO)Cc1ccccc1.[2H]CF. The number of nitrogens with zero attached hydrogens (tertiary/aromatic N) is 4. The number of fused-ring (bicyclic) bond motifs is 2. The first-order valence-electron chi connectivity index (χ1n) is 21.7. The second kappa shape index (κ2) is 26.1. The summed E-state index contributed by atoms with van der Waals surface area (Å²) in [6.45, 7) is 3.53. The molecule has 0 bridgehead atoms. The van der Waals surface area contributed by atoms with Crippen LogP contribution in [0, 0.1) is 13.8 Å². The Kier molecular flexibility index (Phi) is 19.6. The number of aliphatic hydroxyl groups is 2. The van der Waals surface area contributed by atoms with Crippen molar-refractivity contribution in [3.63, 3.8) is 0 Å². The van der Waals surface area contributed by atoms with Crippen molar-refractivity contribution < 1.29 is 45.0 Å². The number of carbonyl (C=O) groups is 4. The fraction of sp³-hybridized carbons (Fsp3) is 0.176. The largest absolute Gasteiger partial charge is 0.478 e. The molecular formula is C51H54F2N8O7. The topological polar surface area (TPSA) is 226 Å². The molecule has 2 unspecified atom stereocenters. The van der Waals surface area contributed by atoms with Crippen LogP contribution in [-0.2, 0) is 12.8 Å². The molecule has 68 heavy (non-hydrogen) atoms. The predicted molar refractivity (Wildman–Crippen MR) is 259 cm³/mol. The molecule has 0 saturated carbocycles. The molecule has 0 saturated heterocycles. The van der Waals surface area contributed by atoms with E-state index < -0.39 is 19.2 Å². The number of anilines is 2. The van der Waals surface area contributed by atoms with Crippen LogP contribution in [0.25, 0.3) is 11.3 Å². The quantitative estimate of drug-likeness (QED) is 0.0620. The second-order valence-corrected chi connectivity index (χ2v) is 15.1. The van der Waals surface area contributed by atoms with Gasteiger partial charge in [0, 0.05) is 35.4 Å². The van der Waals surface area contributed by atoms with Crippen molar-refractivity contribution in [2.75, 3.05) is 31.0 Å². The van der Waals surface area contributed by atoms with Gasteiger partial charge in [0.15, 0.2) is 0 Å².